The quantitative estimate of drug-likeness (QED) is 0.425. The van der Waals surface area contributed by atoms with Gasteiger partial charge in [0.25, 0.3) is 0 Å². The molecule has 2 atom stereocenters. The van der Waals surface area contributed by atoms with Gasteiger partial charge in [-0.15, -0.1) is 0 Å². The first kappa shape index (κ1) is 16.2. The van der Waals surface area contributed by atoms with Crippen molar-refractivity contribution in [3.8, 4) is 0 Å². The summed E-state index contributed by atoms with van der Waals surface area (Å²) in [7, 11) is 2.47. The van der Waals surface area contributed by atoms with Crippen LogP contribution < -0.4 is 0 Å². The number of rotatable bonds is 7. The Hall–Kier alpha value is -2.15. The smallest absolute Gasteiger partial charge is 0.337 e. The number of aliphatic carboxylic acids is 1. The van der Waals surface area contributed by atoms with Gasteiger partial charge in [0, 0.05) is 6.42 Å². The van der Waals surface area contributed by atoms with E-state index in [9.17, 15) is 14.4 Å². The third kappa shape index (κ3) is 2.76. The number of carbonyl (C=O) groups excluding carboxylic acids is 2. The van der Waals surface area contributed by atoms with E-state index < -0.39 is 29.6 Å². The topological polar surface area (TPSA) is 99.1 Å². The van der Waals surface area contributed by atoms with Crippen molar-refractivity contribution >= 4 is 17.9 Å². The molecular formula is C15H18O7. The lowest BCUT2D eigenvalue weighted by Gasteiger charge is -2.25. The minimum absolute atomic E-state index is 0.0460. The van der Waals surface area contributed by atoms with Crippen molar-refractivity contribution in [2.75, 3.05) is 14.2 Å². The molecule has 0 aromatic carbocycles. The van der Waals surface area contributed by atoms with E-state index >= 15 is 0 Å². The molecule has 0 unspecified atom stereocenters. The lowest BCUT2D eigenvalue weighted by atomic mass is 9.83. The lowest BCUT2D eigenvalue weighted by Crippen LogP contribution is -2.32. The fraction of sp³-hybridized carbons (Fsp3) is 0.533. The van der Waals surface area contributed by atoms with Gasteiger partial charge in [-0.05, 0) is 25.3 Å². The van der Waals surface area contributed by atoms with Gasteiger partial charge in [-0.2, -0.15) is 0 Å². The molecule has 0 saturated carbocycles. The first-order chi connectivity index (χ1) is 10.4. The Balaban J connectivity index is 2.23. The molecule has 120 valence electrons. The summed E-state index contributed by atoms with van der Waals surface area (Å²) >= 11 is 0. The van der Waals surface area contributed by atoms with Gasteiger partial charge in [0.15, 0.2) is 0 Å². The van der Waals surface area contributed by atoms with Crippen LogP contribution in [0, 0.1) is 0 Å². The molecule has 0 saturated heterocycles. The third-order valence-electron chi connectivity index (χ3n) is 3.84. The van der Waals surface area contributed by atoms with E-state index in [1.54, 1.807) is 12.2 Å². The molecule has 7 heteroatoms. The van der Waals surface area contributed by atoms with E-state index in [-0.39, 0.29) is 17.6 Å². The van der Waals surface area contributed by atoms with Crippen LogP contribution in [-0.2, 0) is 28.6 Å². The maximum Gasteiger partial charge on any atom is 0.337 e. The number of esters is 2. The van der Waals surface area contributed by atoms with Gasteiger partial charge in [-0.25, -0.2) is 9.59 Å². The maximum atomic E-state index is 12.1. The molecule has 2 aliphatic heterocycles. The van der Waals surface area contributed by atoms with E-state index in [1.165, 1.54) is 14.2 Å². The van der Waals surface area contributed by atoms with Gasteiger partial charge >= 0.3 is 17.9 Å². The number of fused-ring (bicyclic) bond motifs is 2. The average molecular weight is 310 g/mol. The number of methoxy groups -OCH3 is 2. The summed E-state index contributed by atoms with van der Waals surface area (Å²) in [6.45, 7) is 0. The number of hydrogen-bond donors (Lipinski definition) is 1. The molecule has 2 heterocycles. The molecular weight excluding hydrogens is 292 g/mol. The highest BCUT2D eigenvalue weighted by atomic mass is 16.6. The van der Waals surface area contributed by atoms with Gasteiger partial charge < -0.3 is 19.3 Å². The Bertz CT molecular complexity index is 560. The zero-order valence-corrected chi connectivity index (χ0v) is 12.5. The third-order valence-corrected chi connectivity index (χ3v) is 3.84. The highest BCUT2D eigenvalue weighted by Gasteiger charge is 2.53. The van der Waals surface area contributed by atoms with Crippen LogP contribution in [0.3, 0.4) is 0 Å². The molecule has 0 fully saturated rings. The summed E-state index contributed by atoms with van der Waals surface area (Å²) in [5.41, 5.74) is -0.709. The monoisotopic (exact) mass is 310 g/mol. The molecule has 2 aliphatic rings. The van der Waals surface area contributed by atoms with Gasteiger partial charge in [0.05, 0.1) is 25.4 Å². The minimum Gasteiger partial charge on any atom is -0.481 e. The van der Waals surface area contributed by atoms with Crippen LogP contribution in [0.2, 0.25) is 0 Å². The molecule has 0 aliphatic carbocycles. The fourth-order valence-electron chi connectivity index (χ4n) is 2.86. The van der Waals surface area contributed by atoms with Crippen LogP contribution in [0.15, 0.2) is 23.3 Å². The summed E-state index contributed by atoms with van der Waals surface area (Å²) < 4.78 is 15.3. The van der Waals surface area contributed by atoms with Gasteiger partial charge in [-0.1, -0.05) is 6.08 Å². The van der Waals surface area contributed by atoms with E-state index in [4.69, 9.17) is 19.3 Å². The minimum atomic E-state index is -1.03. The Labute approximate surface area is 127 Å². The molecule has 0 radical (unpaired) electrons. The van der Waals surface area contributed by atoms with Crippen LogP contribution in [0.25, 0.3) is 0 Å². The van der Waals surface area contributed by atoms with E-state index in [0.29, 0.717) is 19.3 Å². The van der Waals surface area contributed by atoms with Gasteiger partial charge in [0.2, 0.25) is 0 Å². The normalized spacial score (nSPS) is 25.5. The fourth-order valence-corrected chi connectivity index (χ4v) is 2.86. The Morgan fingerprint density at radius 3 is 2.50 bits per heavy atom. The predicted molar refractivity (Wildman–Crippen MR) is 73.9 cm³/mol. The molecule has 0 aromatic heterocycles. The molecule has 7 nitrogen and oxygen atoms in total. The van der Waals surface area contributed by atoms with E-state index in [0.717, 1.165) is 0 Å². The number of hydrogen-bond acceptors (Lipinski definition) is 6. The first-order valence-electron chi connectivity index (χ1n) is 6.95. The molecule has 2 bridgehead atoms. The summed E-state index contributed by atoms with van der Waals surface area (Å²) in [6, 6.07) is 0. The number of carbonyl (C=O) groups is 3. The summed E-state index contributed by atoms with van der Waals surface area (Å²) in [5, 5.41) is 8.67. The van der Waals surface area contributed by atoms with Crippen molar-refractivity contribution in [3.05, 3.63) is 23.3 Å². The van der Waals surface area contributed by atoms with Crippen molar-refractivity contribution in [2.24, 2.45) is 0 Å². The molecule has 0 spiro atoms. The Morgan fingerprint density at radius 1 is 1.23 bits per heavy atom. The van der Waals surface area contributed by atoms with Gasteiger partial charge in [0.1, 0.15) is 11.7 Å². The molecule has 1 N–H and O–H groups in total. The van der Waals surface area contributed by atoms with Crippen molar-refractivity contribution in [3.63, 3.8) is 0 Å². The lowest BCUT2D eigenvalue weighted by molar-refractivity contribution is -0.139. The first-order valence-corrected chi connectivity index (χ1v) is 6.95. The number of carboxylic acids is 1. The Morgan fingerprint density at radius 2 is 1.91 bits per heavy atom. The average Bonchev–Trinajstić information content (AvgIpc) is 3.06. The number of unbranched alkanes of at least 4 members (excludes halogenated alkanes) is 1. The van der Waals surface area contributed by atoms with Crippen LogP contribution in [0.1, 0.15) is 25.7 Å². The summed E-state index contributed by atoms with van der Waals surface area (Å²) in [5.74, 6) is -2.13. The Kier molecular flexibility index (Phi) is 4.65. The summed E-state index contributed by atoms with van der Waals surface area (Å²) in [6.07, 6.45) is 4.26. The van der Waals surface area contributed by atoms with Crippen molar-refractivity contribution < 1.29 is 33.7 Å². The van der Waals surface area contributed by atoms with E-state index in [1.807, 2.05) is 0 Å². The highest BCUT2D eigenvalue weighted by Crippen LogP contribution is 2.46. The maximum absolute atomic E-state index is 12.1. The second kappa shape index (κ2) is 6.31. The van der Waals surface area contributed by atoms with Crippen LogP contribution in [0.5, 0.6) is 0 Å². The second-order valence-corrected chi connectivity index (χ2v) is 5.16. The zero-order valence-electron chi connectivity index (χ0n) is 12.5. The van der Waals surface area contributed by atoms with Gasteiger partial charge in [-0.3, -0.25) is 4.79 Å². The number of ether oxygens (including phenoxy) is 3. The second-order valence-electron chi connectivity index (χ2n) is 5.16. The largest absolute Gasteiger partial charge is 0.481 e. The van der Waals surface area contributed by atoms with Crippen molar-refractivity contribution in [1.82, 2.24) is 0 Å². The molecule has 0 aromatic rings. The molecule has 2 rings (SSSR count). The SMILES string of the molecule is COC(=O)C1=C(C(=O)OC)[C@]2(CCCCC(=O)O)C=C[C@H]1O2. The standard InChI is InChI=1S/C15H18O7/c1-20-13(18)11-9-6-8-15(22-9,12(11)14(19)21-2)7-4-3-5-10(16)17/h6,8-9H,3-5,7H2,1-2H3,(H,16,17)/t9-,15+/m1/s1. The number of carboxylic acid groups (broad SMARTS) is 1. The highest BCUT2D eigenvalue weighted by molar-refractivity contribution is 6.05. The summed E-state index contributed by atoms with van der Waals surface area (Å²) in [4.78, 5) is 34.6. The van der Waals surface area contributed by atoms with Crippen LogP contribution in [-0.4, -0.2) is 48.9 Å². The van der Waals surface area contributed by atoms with Crippen LogP contribution in [0.4, 0.5) is 0 Å². The molecule has 0 amide bonds. The van der Waals surface area contributed by atoms with Crippen molar-refractivity contribution in [1.29, 1.82) is 0 Å². The van der Waals surface area contributed by atoms with E-state index in [2.05, 4.69) is 0 Å². The van der Waals surface area contributed by atoms with Crippen LogP contribution >= 0.6 is 0 Å². The predicted octanol–water partition coefficient (Wildman–Crippen LogP) is 0.981. The molecule has 22 heavy (non-hydrogen) atoms. The van der Waals surface area contributed by atoms with Crippen molar-refractivity contribution in [2.45, 2.75) is 37.4 Å². The zero-order chi connectivity index (χ0) is 16.3.